The van der Waals surface area contributed by atoms with Crippen molar-refractivity contribution in [2.75, 3.05) is 0 Å². The Bertz CT molecular complexity index is 364. The largest absolute Gasteiger partial charge is 3.00 e. The van der Waals surface area contributed by atoms with Crippen LogP contribution >= 0.6 is 0 Å². The molecule has 0 atom stereocenters. The molecule has 2 aromatic rings. The van der Waals surface area contributed by atoms with E-state index in [4.69, 9.17) is 0 Å². The zero-order valence-electron chi connectivity index (χ0n) is 20.8. The van der Waals surface area contributed by atoms with Gasteiger partial charge >= 0.3 is 32.7 Å². The predicted octanol–water partition coefficient (Wildman–Crippen LogP) is 6.45. The van der Waals surface area contributed by atoms with Gasteiger partial charge in [0.25, 0.3) is 0 Å². The van der Waals surface area contributed by atoms with Gasteiger partial charge in [0.2, 0.25) is 0 Å². The van der Waals surface area contributed by atoms with Crippen molar-refractivity contribution in [2.24, 2.45) is 5.92 Å². The molecule has 0 aliphatic heterocycles. The van der Waals surface area contributed by atoms with Gasteiger partial charge in [-0.1, -0.05) is 41.5 Å². The second-order valence-corrected chi connectivity index (χ2v) is 3.95. The summed E-state index contributed by atoms with van der Waals surface area (Å²) in [5.41, 5.74) is 2.19. The van der Waals surface area contributed by atoms with E-state index in [1.807, 2.05) is 76.2 Å². The molecule has 0 unspecified atom stereocenters. The molecule has 0 saturated carbocycles. The van der Waals surface area contributed by atoms with E-state index in [9.17, 15) is 0 Å². The maximum Gasteiger partial charge on any atom is 3.00 e. The van der Waals surface area contributed by atoms with Crippen molar-refractivity contribution < 1.29 is 393 Å². The fourth-order valence-electron chi connectivity index (χ4n) is 1.12. The van der Waals surface area contributed by atoms with Gasteiger partial charge in [-0.3, -0.25) is 0 Å². The summed E-state index contributed by atoms with van der Waals surface area (Å²) in [5, 5.41) is 0. The van der Waals surface area contributed by atoms with Crippen LogP contribution in [0.3, 0.4) is 0 Å². The number of rotatable bonds is 1. The molecule has 2 rings (SSSR count). The van der Waals surface area contributed by atoms with Crippen molar-refractivity contribution in [2.45, 2.75) is 41.5 Å². The van der Waals surface area contributed by atoms with E-state index in [1.165, 1.54) is 0 Å². The van der Waals surface area contributed by atoms with Crippen LogP contribution in [-0.2, 0) is 393 Å². The number of hydrogen-bond acceptors (Lipinski definition) is 0. The maximum atomic E-state index is 3.64. The fraction of sp³-hybridized carbons (Fsp3) is 0.350. The molecule has 0 aromatic heterocycles. The molecule has 0 aliphatic carbocycles. The van der Waals surface area contributed by atoms with Gasteiger partial charge in [0, 0.05) is 360 Å². The summed E-state index contributed by atoms with van der Waals surface area (Å²) in [6.45, 7) is 15.8. The first kappa shape index (κ1) is 90.3. The molecule has 145 valence electrons. The minimum absolute atomic E-state index is 0. The molecule has 2 aromatic carbocycles. The van der Waals surface area contributed by atoms with Crippen LogP contribution in [0.15, 0.2) is 48.5 Å². The molecule has 0 spiro atoms. The topological polar surface area (TPSA) is 0 Å². The third-order valence-corrected chi connectivity index (χ3v) is 1.71. The zero-order valence-corrected chi connectivity index (χ0v) is 54.9. The van der Waals surface area contributed by atoms with Gasteiger partial charge in [-0.05, 0) is 0 Å². The van der Waals surface area contributed by atoms with Crippen molar-refractivity contribution in [3.63, 3.8) is 0 Å². The smallest absolute Gasteiger partial charge is 0.341 e. The molecular formula is C20H29Y12. The van der Waals surface area contributed by atoms with Crippen molar-refractivity contribution in [1.29, 1.82) is 0 Å². The van der Waals surface area contributed by atoms with Gasteiger partial charge in [0.1, 0.15) is 0 Å². The summed E-state index contributed by atoms with van der Waals surface area (Å²) in [5.74, 6) is 0.583. The van der Waals surface area contributed by atoms with Crippen molar-refractivity contribution in [3.05, 3.63) is 67.6 Å². The molecule has 0 bridgehead atoms. The molecule has 11 radical (unpaired) electrons. The Hall–Kier alpha value is 11.7. The molecule has 0 saturated heterocycles. The third-order valence-electron chi connectivity index (χ3n) is 1.71. The molecule has 32 heavy (non-hydrogen) atoms. The fourth-order valence-corrected chi connectivity index (χ4v) is 1.12. The maximum absolute atomic E-state index is 3.64. The summed E-state index contributed by atoms with van der Waals surface area (Å²) < 4.78 is 0. The predicted molar refractivity (Wildman–Crippen MR) is 92.4 cm³/mol. The molecule has 12 heteroatoms. The van der Waals surface area contributed by atoms with E-state index in [2.05, 4.69) is 32.9 Å². The standard InChI is InChI=1S/C12H8.C4H9.2C2H6.12Y/c1-3-7-11(8-4-1)12-9-5-2-6-10-12;1-4(2)3;2*1-2;;;;;;;;;;;;/h1-7,9H;4H,1H2,2-3H3;2*1-2H3;;;;;;;;;;;;/q-2;-1;;;;;;;;;;;;;;+3. The minimum Gasteiger partial charge on any atom is -0.341 e. The van der Waals surface area contributed by atoms with Gasteiger partial charge in [0.15, 0.2) is 0 Å². The van der Waals surface area contributed by atoms with Crippen LogP contribution in [0.5, 0.6) is 0 Å². The molecule has 0 nitrogen and oxygen atoms in total. The molecule has 0 aliphatic rings. The third kappa shape index (κ3) is 68.7. The van der Waals surface area contributed by atoms with Crippen LogP contribution < -0.4 is 0 Å². The van der Waals surface area contributed by atoms with Crippen molar-refractivity contribution in [3.8, 4) is 11.1 Å². The van der Waals surface area contributed by atoms with Crippen LogP contribution in [0.2, 0.25) is 0 Å². The summed E-state index contributed by atoms with van der Waals surface area (Å²) in [6.07, 6.45) is 0. The number of benzene rings is 2. The molecule has 0 fully saturated rings. The van der Waals surface area contributed by atoms with Crippen molar-refractivity contribution in [1.82, 2.24) is 0 Å². The Morgan fingerprint density at radius 1 is 0.531 bits per heavy atom. The first-order valence-electron chi connectivity index (χ1n) is 7.47. The van der Waals surface area contributed by atoms with Crippen LogP contribution in [0.4, 0.5) is 0 Å². The van der Waals surface area contributed by atoms with E-state index in [1.54, 1.807) is 0 Å². The SMILES string of the molecule is CC.CC.[CH2-]C(C)C.[Y+3].[Y].[Y].[Y].[Y].[Y].[Y].[Y].[Y].[Y].[Y].[Y].[c-]1ccccc1-c1[c-]cccc1. The number of hydrogen-bond donors (Lipinski definition) is 0. The van der Waals surface area contributed by atoms with Gasteiger partial charge < -0.3 is 6.92 Å². The van der Waals surface area contributed by atoms with E-state index < -0.39 is 0 Å². The van der Waals surface area contributed by atoms with Crippen molar-refractivity contribution >= 4 is 0 Å². The second-order valence-electron chi connectivity index (χ2n) is 3.95. The Labute approximate surface area is 503 Å². The summed E-state index contributed by atoms with van der Waals surface area (Å²) in [6, 6.07) is 22.1. The average molecular weight is 1340 g/mol. The van der Waals surface area contributed by atoms with Crippen LogP contribution in [0, 0.1) is 25.0 Å². The van der Waals surface area contributed by atoms with Gasteiger partial charge in [0.05, 0.1) is 0 Å². The van der Waals surface area contributed by atoms with Gasteiger partial charge in [-0.2, -0.15) is 54.4 Å². The Kier molecular flexibility index (Phi) is 222. The van der Waals surface area contributed by atoms with Gasteiger partial charge in [-0.25, -0.2) is 11.1 Å². The summed E-state index contributed by atoms with van der Waals surface area (Å²) in [4.78, 5) is 0. The van der Waals surface area contributed by atoms with E-state index in [0.717, 1.165) is 11.1 Å². The first-order valence-corrected chi connectivity index (χ1v) is 7.47. The quantitative estimate of drug-likeness (QED) is 0.289. The average Bonchev–Trinajstić information content (AvgIpc) is 2.52. The Morgan fingerprint density at radius 2 is 0.719 bits per heavy atom. The Morgan fingerprint density at radius 3 is 0.844 bits per heavy atom. The van der Waals surface area contributed by atoms with Crippen LogP contribution in [-0.4, -0.2) is 0 Å². The zero-order chi connectivity index (χ0) is 15.8. The summed E-state index contributed by atoms with van der Waals surface area (Å²) in [7, 11) is 0. The second kappa shape index (κ2) is 78.8. The van der Waals surface area contributed by atoms with E-state index >= 15 is 0 Å². The van der Waals surface area contributed by atoms with Crippen LogP contribution in [0.1, 0.15) is 41.5 Å². The van der Waals surface area contributed by atoms with E-state index in [-0.39, 0.29) is 393 Å². The van der Waals surface area contributed by atoms with E-state index in [0.29, 0.717) is 5.92 Å². The van der Waals surface area contributed by atoms with Crippen LogP contribution in [0.25, 0.3) is 11.1 Å². The molecule has 0 N–H and O–H groups in total. The molecular weight excluding hydrogens is 1310 g/mol. The molecule has 0 amide bonds. The van der Waals surface area contributed by atoms with Gasteiger partial charge in [-0.15, -0.1) is 12.1 Å². The minimum atomic E-state index is 0. The molecule has 0 heterocycles. The Balaban J connectivity index is -0.0000000124. The normalized spacial score (nSPS) is 5.12. The monoisotopic (exact) mass is 1340 g/mol. The first-order chi connectivity index (χ1) is 9.70. The summed E-state index contributed by atoms with van der Waals surface area (Å²) >= 11 is 0.